The summed E-state index contributed by atoms with van der Waals surface area (Å²) in [6.07, 6.45) is 7.80. The zero-order valence-electron chi connectivity index (χ0n) is 18.5. The Balaban J connectivity index is 1.75. The summed E-state index contributed by atoms with van der Waals surface area (Å²) in [7, 11) is 0. The van der Waals surface area contributed by atoms with Gasteiger partial charge in [0.25, 0.3) is 0 Å². The minimum absolute atomic E-state index is 0.00568. The number of fused-ring (bicyclic) bond motifs is 3. The van der Waals surface area contributed by atoms with Crippen molar-refractivity contribution in [1.82, 2.24) is 0 Å². The number of carbonyl (C=O) groups excluding carboxylic acids is 1. The van der Waals surface area contributed by atoms with Crippen molar-refractivity contribution in [2.24, 2.45) is 23.2 Å². The molecule has 0 aromatic heterocycles. The van der Waals surface area contributed by atoms with Crippen LogP contribution in [0.2, 0.25) is 0 Å². The molecule has 0 aromatic carbocycles. The van der Waals surface area contributed by atoms with Crippen LogP contribution in [0.4, 0.5) is 0 Å². The molecule has 0 amide bonds. The molecule has 1 saturated carbocycles. The molecule has 3 aliphatic carbocycles. The Kier molecular flexibility index (Phi) is 5.20. The monoisotopic (exact) mass is 400 g/mol. The molecule has 4 nitrogen and oxygen atoms in total. The van der Waals surface area contributed by atoms with E-state index >= 15 is 0 Å². The molecule has 7 atom stereocenters. The summed E-state index contributed by atoms with van der Waals surface area (Å²) >= 11 is 0. The highest BCUT2D eigenvalue weighted by Gasteiger charge is 2.62. The fraction of sp³-hybridized carbons (Fsp3) is 0.720. The highest BCUT2D eigenvalue weighted by Crippen LogP contribution is 2.63. The van der Waals surface area contributed by atoms with Crippen molar-refractivity contribution in [3.8, 4) is 0 Å². The second-order valence-corrected chi connectivity index (χ2v) is 10.6. The number of rotatable bonds is 2. The van der Waals surface area contributed by atoms with Crippen molar-refractivity contribution in [2.75, 3.05) is 6.61 Å². The molecule has 0 bridgehead atoms. The summed E-state index contributed by atoms with van der Waals surface area (Å²) in [5.74, 6) is 0.610. The number of hydrogen-bond donors (Lipinski definition) is 2. The first kappa shape index (κ1) is 21.0. The molecule has 2 N–H and O–H groups in total. The topological polar surface area (TPSA) is 66.8 Å². The van der Waals surface area contributed by atoms with Crippen LogP contribution in [0.5, 0.6) is 0 Å². The summed E-state index contributed by atoms with van der Waals surface area (Å²) in [6.45, 7) is 10.6. The van der Waals surface area contributed by atoms with Gasteiger partial charge in [0.1, 0.15) is 0 Å². The Hall–Kier alpha value is -1.23. The summed E-state index contributed by atoms with van der Waals surface area (Å²) < 4.78 is 6.79. The molecule has 1 heterocycles. The van der Waals surface area contributed by atoms with Gasteiger partial charge < -0.3 is 14.9 Å². The van der Waals surface area contributed by atoms with Crippen molar-refractivity contribution in [1.29, 1.82) is 0 Å². The van der Waals surface area contributed by atoms with Gasteiger partial charge in [0.2, 0.25) is 0 Å². The third-order valence-corrected chi connectivity index (χ3v) is 8.40. The van der Waals surface area contributed by atoms with Gasteiger partial charge in [-0.25, -0.2) is 0 Å². The van der Waals surface area contributed by atoms with Crippen molar-refractivity contribution in [3.05, 3.63) is 34.4 Å². The number of aliphatic hydroxyl groups excluding tert-OH is 2. The average Bonchev–Trinajstić information content (AvgIpc) is 3.17. The Morgan fingerprint density at radius 2 is 2.03 bits per heavy atom. The van der Waals surface area contributed by atoms with Crippen LogP contribution in [0.15, 0.2) is 34.4 Å². The van der Waals surface area contributed by atoms with E-state index < -0.39 is 6.10 Å². The standard InChI is InChI=1S/C25H36O4/c1-14(2)8-17-10-16(4)25(29-17)7-6-24(5)12-18-15(3)9-21(28)23(18)19(13-26)20(27)11-22(24)25/h8-9,16-18,20,22,26-27H,6-7,10-13H2,1-5H3/t16-,17+,18+,20-,22+,24+,25-/m0/s1. The molecule has 29 heavy (non-hydrogen) atoms. The third-order valence-electron chi connectivity index (χ3n) is 8.40. The minimum atomic E-state index is -0.793. The van der Waals surface area contributed by atoms with Gasteiger partial charge in [-0.1, -0.05) is 31.1 Å². The van der Waals surface area contributed by atoms with Gasteiger partial charge in [-0.05, 0) is 81.8 Å². The van der Waals surface area contributed by atoms with Crippen LogP contribution < -0.4 is 0 Å². The maximum absolute atomic E-state index is 12.7. The molecule has 4 aliphatic rings. The second kappa shape index (κ2) is 7.18. The summed E-state index contributed by atoms with van der Waals surface area (Å²) in [5, 5.41) is 21.2. The van der Waals surface area contributed by atoms with Gasteiger partial charge in [0.15, 0.2) is 5.78 Å². The van der Waals surface area contributed by atoms with Crippen LogP contribution in [0.1, 0.15) is 66.7 Å². The van der Waals surface area contributed by atoms with Gasteiger partial charge in [0.05, 0.1) is 24.4 Å². The summed E-state index contributed by atoms with van der Waals surface area (Å²) in [5.41, 5.74) is 3.30. The first-order valence-corrected chi connectivity index (χ1v) is 11.2. The van der Waals surface area contributed by atoms with Gasteiger partial charge in [-0.2, -0.15) is 0 Å². The smallest absolute Gasteiger partial charge is 0.182 e. The Labute approximate surface area is 174 Å². The first-order chi connectivity index (χ1) is 13.6. The van der Waals surface area contributed by atoms with Gasteiger partial charge >= 0.3 is 0 Å². The molecule has 1 saturated heterocycles. The second-order valence-electron chi connectivity index (χ2n) is 10.6. The van der Waals surface area contributed by atoms with E-state index in [1.54, 1.807) is 6.08 Å². The molecular formula is C25H36O4. The van der Waals surface area contributed by atoms with E-state index in [4.69, 9.17) is 4.74 Å². The van der Waals surface area contributed by atoms with Crippen LogP contribution in [0.3, 0.4) is 0 Å². The molecule has 160 valence electrons. The van der Waals surface area contributed by atoms with E-state index in [2.05, 4.69) is 33.8 Å². The number of hydrogen-bond acceptors (Lipinski definition) is 4. The normalized spacial score (nSPS) is 44.4. The lowest BCUT2D eigenvalue weighted by Crippen LogP contribution is -2.46. The number of ether oxygens (including phenoxy) is 1. The third kappa shape index (κ3) is 3.19. The van der Waals surface area contributed by atoms with Gasteiger partial charge in [-0.15, -0.1) is 0 Å². The van der Waals surface area contributed by atoms with E-state index in [-0.39, 0.29) is 41.3 Å². The van der Waals surface area contributed by atoms with Crippen molar-refractivity contribution in [3.63, 3.8) is 0 Å². The van der Waals surface area contributed by atoms with Crippen LogP contribution in [0.25, 0.3) is 0 Å². The molecular weight excluding hydrogens is 364 g/mol. The van der Waals surface area contributed by atoms with E-state index in [1.165, 1.54) is 5.57 Å². The van der Waals surface area contributed by atoms with E-state index in [0.717, 1.165) is 31.3 Å². The molecule has 1 aliphatic heterocycles. The predicted octanol–water partition coefficient (Wildman–Crippen LogP) is 4.12. The maximum atomic E-state index is 12.7. The number of allylic oxidation sites excluding steroid dienone is 4. The van der Waals surface area contributed by atoms with E-state index in [1.807, 2.05) is 6.92 Å². The first-order valence-electron chi connectivity index (χ1n) is 11.2. The lowest BCUT2D eigenvalue weighted by Gasteiger charge is -2.45. The SMILES string of the molecule is CC(C)=C[C@@H]1C[C@H](C)[C@]2(CC[C@]3(C)C[C@@H]4C(C)=CC(=O)C4=C(CO)[C@@H](O)C[C@H]32)O1. The Morgan fingerprint density at radius 1 is 1.31 bits per heavy atom. The lowest BCUT2D eigenvalue weighted by molar-refractivity contribution is -0.112. The van der Waals surface area contributed by atoms with Crippen molar-refractivity contribution < 1.29 is 19.7 Å². The van der Waals surface area contributed by atoms with E-state index in [9.17, 15) is 15.0 Å². The lowest BCUT2D eigenvalue weighted by atomic mass is 9.62. The van der Waals surface area contributed by atoms with Crippen LogP contribution in [-0.4, -0.2) is 40.4 Å². The number of aliphatic hydroxyl groups is 2. The largest absolute Gasteiger partial charge is 0.392 e. The van der Waals surface area contributed by atoms with Crippen molar-refractivity contribution >= 4 is 5.78 Å². The fourth-order valence-electron chi connectivity index (χ4n) is 6.98. The predicted molar refractivity (Wildman–Crippen MR) is 113 cm³/mol. The molecule has 1 spiro atoms. The zero-order chi connectivity index (χ0) is 21.1. The fourth-order valence-corrected chi connectivity index (χ4v) is 6.98. The Morgan fingerprint density at radius 3 is 2.69 bits per heavy atom. The van der Waals surface area contributed by atoms with Crippen molar-refractivity contribution in [2.45, 2.75) is 84.5 Å². The molecule has 4 rings (SSSR count). The zero-order valence-corrected chi connectivity index (χ0v) is 18.5. The molecule has 2 fully saturated rings. The quantitative estimate of drug-likeness (QED) is 0.684. The summed E-state index contributed by atoms with van der Waals surface area (Å²) in [4.78, 5) is 12.7. The van der Waals surface area contributed by atoms with Gasteiger partial charge in [-0.3, -0.25) is 4.79 Å². The molecule has 4 heteroatoms. The van der Waals surface area contributed by atoms with Crippen LogP contribution >= 0.6 is 0 Å². The highest BCUT2D eigenvalue weighted by molar-refractivity contribution is 6.08. The molecule has 0 unspecified atom stereocenters. The summed E-state index contributed by atoms with van der Waals surface area (Å²) in [6, 6.07) is 0. The molecule has 0 aromatic rings. The van der Waals surface area contributed by atoms with E-state index in [0.29, 0.717) is 23.5 Å². The molecule has 0 radical (unpaired) electrons. The number of carbonyl (C=O) groups is 1. The maximum Gasteiger partial charge on any atom is 0.182 e. The van der Waals surface area contributed by atoms with Crippen LogP contribution in [-0.2, 0) is 9.53 Å². The highest BCUT2D eigenvalue weighted by atomic mass is 16.5. The Bertz CT molecular complexity index is 802. The number of ketones is 1. The van der Waals surface area contributed by atoms with Gasteiger partial charge in [0, 0.05) is 11.5 Å². The van der Waals surface area contributed by atoms with Crippen LogP contribution in [0, 0.1) is 23.2 Å². The average molecular weight is 401 g/mol. The minimum Gasteiger partial charge on any atom is -0.392 e.